The minimum absolute atomic E-state index is 0.0883. The van der Waals surface area contributed by atoms with E-state index in [0.717, 1.165) is 22.0 Å². The molecule has 0 bridgehead atoms. The molecule has 2 aromatic carbocycles. The molecule has 1 aromatic heterocycles. The second-order valence-electron chi connectivity index (χ2n) is 7.70. The van der Waals surface area contributed by atoms with E-state index in [4.69, 9.17) is 11.6 Å². The van der Waals surface area contributed by atoms with Crippen LogP contribution in [0.25, 0.3) is 10.9 Å². The third-order valence-corrected chi connectivity index (χ3v) is 7.56. The molecule has 0 saturated carbocycles. The lowest BCUT2D eigenvalue weighted by Gasteiger charge is -2.16. The van der Waals surface area contributed by atoms with Gasteiger partial charge >= 0.3 is 0 Å². The van der Waals surface area contributed by atoms with Crippen LogP contribution >= 0.6 is 11.6 Å². The summed E-state index contributed by atoms with van der Waals surface area (Å²) in [4.78, 5) is 13.3. The highest BCUT2D eigenvalue weighted by atomic mass is 35.5. The van der Waals surface area contributed by atoms with Gasteiger partial charge < -0.3 is 9.88 Å². The van der Waals surface area contributed by atoms with E-state index in [0.29, 0.717) is 30.1 Å². The summed E-state index contributed by atoms with van der Waals surface area (Å²) in [6.07, 6.45) is 0.586. The van der Waals surface area contributed by atoms with Crippen LogP contribution < -0.4 is 10.9 Å². The first-order chi connectivity index (χ1) is 13.8. The van der Waals surface area contributed by atoms with Crippen LogP contribution in [0.1, 0.15) is 23.1 Å². The lowest BCUT2D eigenvalue weighted by molar-refractivity contribution is 0.550. The molecule has 1 N–H and O–H groups in total. The Balaban J connectivity index is 1.72. The molecule has 0 unspecified atom stereocenters. The molecule has 0 spiro atoms. The maximum Gasteiger partial charge on any atom is 0.255 e. The van der Waals surface area contributed by atoms with Crippen LogP contribution in [0.3, 0.4) is 0 Å². The van der Waals surface area contributed by atoms with Crippen LogP contribution in [0.4, 0.5) is 0 Å². The molecule has 0 radical (unpaired) electrons. The largest absolute Gasteiger partial charge is 0.309 e. The van der Waals surface area contributed by atoms with Crippen molar-refractivity contribution in [3.05, 3.63) is 80.6 Å². The fraction of sp³-hybridized carbons (Fsp3) is 0.318. The smallest absolute Gasteiger partial charge is 0.255 e. The van der Waals surface area contributed by atoms with Gasteiger partial charge in [-0.15, -0.1) is 0 Å². The summed E-state index contributed by atoms with van der Waals surface area (Å²) in [5.74, 6) is 0.339. The predicted octanol–water partition coefficient (Wildman–Crippen LogP) is 3.29. The van der Waals surface area contributed by atoms with Crippen LogP contribution in [-0.4, -0.2) is 30.5 Å². The number of nitrogens with one attached hydrogen (secondary N) is 1. The van der Waals surface area contributed by atoms with E-state index in [2.05, 4.69) is 11.4 Å². The molecule has 1 aliphatic rings. The van der Waals surface area contributed by atoms with E-state index < -0.39 is 9.84 Å². The fourth-order valence-electron chi connectivity index (χ4n) is 3.86. The van der Waals surface area contributed by atoms with E-state index >= 15 is 0 Å². The number of pyridine rings is 1. The van der Waals surface area contributed by atoms with Gasteiger partial charge in [0.25, 0.3) is 5.56 Å². The molecule has 29 heavy (non-hydrogen) atoms. The number of fused-ring (bicyclic) bond motifs is 1. The van der Waals surface area contributed by atoms with Crippen LogP contribution in [0.5, 0.6) is 0 Å². The van der Waals surface area contributed by atoms with E-state index in [-0.39, 0.29) is 23.1 Å². The molecule has 7 heteroatoms. The number of aryl methyl sites for hydroxylation is 1. The Kier molecular flexibility index (Phi) is 5.51. The molecule has 1 saturated heterocycles. The van der Waals surface area contributed by atoms with Gasteiger partial charge in [0.15, 0.2) is 9.84 Å². The number of aromatic nitrogens is 1. The average Bonchev–Trinajstić information content (AvgIpc) is 3.03. The zero-order valence-electron chi connectivity index (χ0n) is 16.2. The maximum atomic E-state index is 13.3. The molecule has 1 atom stereocenters. The Morgan fingerprint density at radius 3 is 2.66 bits per heavy atom. The van der Waals surface area contributed by atoms with Gasteiger partial charge in [-0.1, -0.05) is 41.4 Å². The van der Waals surface area contributed by atoms with E-state index in [1.807, 2.05) is 49.4 Å². The molecule has 5 nitrogen and oxygen atoms in total. The minimum Gasteiger partial charge on any atom is -0.309 e. The molecule has 4 rings (SSSR count). The first kappa shape index (κ1) is 20.1. The normalized spacial score (nSPS) is 18.3. The van der Waals surface area contributed by atoms with Gasteiger partial charge in [0, 0.05) is 23.2 Å². The number of hydrogen-bond donors (Lipinski definition) is 1. The monoisotopic (exact) mass is 430 g/mol. The Morgan fingerprint density at radius 2 is 1.93 bits per heavy atom. The molecule has 1 fully saturated rings. The van der Waals surface area contributed by atoms with Crippen molar-refractivity contribution in [2.24, 2.45) is 0 Å². The van der Waals surface area contributed by atoms with Crippen molar-refractivity contribution in [1.82, 2.24) is 9.88 Å². The SMILES string of the molecule is Cc1ccc2c(c1)cc(CN[C@H]1CCS(=O)(=O)C1)c(=O)n2Cc1ccccc1Cl. The number of benzene rings is 2. The molecular weight excluding hydrogens is 408 g/mol. The fourth-order valence-corrected chi connectivity index (χ4v) is 5.76. The molecule has 152 valence electrons. The first-order valence-electron chi connectivity index (χ1n) is 9.63. The second kappa shape index (κ2) is 7.94. The van der Waals surface area contributed by atoms with Gasteiger partial charge in [0.1, 0.15) is 0 Å². The van der Waals surface area contributed by atoms with E-state index in [1.165, 1.54) is 0 Å². The Labute approximate surface area is 175 Å². The lowest BCUT2D eigenvalue weighted by Crippen LogP contribution is -2.33. The van der Waals surface area contributed by atoms with Crippen molar-refractivity contribution in [3.8, 4) is 0 Å². The highest BCUT2D eigenvalue weighted by Gasteiger charge is 2.27. The Morgan fingerprint density at radius 1 is 1.14 bits per heavy atom. The lowest BCUT2D eigenvalue weighted by atomic mass is 10.1. The topological polar surface area (TPSA) is 68.2 Å². The summed E-state index contributed by atoms with van der Waals surface area (Å²) >= 11 is 6.33. The summed E-state index contributed by atoms with van der Waals surface area (Å²) in [6, 6.07) is 15.3. The van der Waals surface area contributed by atoms with Crippen LogP contribution in [0, 0.1) is 6.92 Å². The zero-order valence-corrected chi connectivity index (χ0v) is 17.8. The van der Waals surface area contributed by atoms with Gasteiger partial charge in [-0.3, -0.25) is 4.79 Å². The van der Waals surface area contributed by atoms with E-state index in [1.54, 1.807) is 4.57 Å². The minimum atomic E-state index is -2.96. The summed E-state index contributed by atoms with van der Waals surface area (Å²) < 4.78 is 25.2. The Bertz CT molecular complexity index is 1230. The average molecular weight is 431 g/mol. The third-order valence-electron chi connectivity index (χ3n) is 5.42. The predicted molar refractivity (Wildman–Crippen MR) is 117 cm³/mol. The zero-order chi connectivity index (χ0) is 20.6. The van der Waals surface area contributed by atoms with Gasteiger partial charge in [0.05, 0.1) is 23.6 Å². The van der Waals surface area contributed by atoms with Crippen LogP contribution in [0.2, 0.25) is 5.02 Å². The quantitative estimate of drug-likeness (QED) is 0.674. The standard InChI is InChI=1S/C22H23ClN2O3S/c1-15-6-7-21-17(10-15)11-18(12-24-19-8-9-29(27,28)14-19)22(26)25(21)13-16-4-2-3-5-20(16)23/h2-7,10-11,19,24H,8-9,12-14H2,1H3/t19-/m0/s1. The highest BCUT2D eigenvalue weighted by Crippen LogP contribution is 2.21. The summed E-state index contributed by atoms with van der Waals surface area (Å²) in [7, 11) is -2.96. The van der Waals surface area contributed by atoms with Crippen molar-refractivity contribution >= 4 is 32.3 Å². The van der Waals surface area contributed by atoms with Crippen molar-refractivity contribution < 1.29 is 8.42 Å². The number of nitrogens with zero attached hydrogens (tertiary/aromatic N) is 1. The van der Waals surface area contributed by atoms with Gasteiger partial charge in [-0.25, -0.2) is 8.42 Å². The molecule has 2 heterocycles. The molecule has 0 amide bonds. The maximum absolute atomic E-state index is 13.3. The highest BCUT2D eigenvalue weighted by molar-refractivity contribution is 7.91. The molecular formula is C22H23ClN2O3S. The van der Waals surface area contributed by atoms with Gasteiger partial charge in [-0.05, 0) is 48.6 Å². The number of rotatable bonds is 5. The first-order valence-corrected chi connectivity index (χ1v) is 11.8. The van der Waals surface area contributed by atoms with Crippen molar-refractivity contribution in [1.29, 1.82) is 0 Å². The summed E-state index contributed by atoms with van der Waals surface area (Å²) in [5.41, 5.74) is 3.38. The van der Waals surface area contributed by atoms with Crippen molar-refractivity contribution in [2.45, 2.75) is 32.5 Å². The van der Waals surface area contributed by atoms with Crippen LogP contribution in [0.15, 0.2) is 53.3 Å². The van der Waals surface area contributed by atoms with Crippen molar-refractivity contribution in [3.63, 3.8) is 0 Å². The van der Waals surface area contributed by atoms with Gasteiger partial charge in [0.2, 0.25) is 0 Å². The molecule has 0 aliphatic carbocycles. The van der Waals surface area contributed by atoms with Crippen molar-refractivity contribution in [2.75, 3.05) is 11.5 Å². The third kappa shape index (κ3) is 4.39. The number of hydrogen-bond acceptors (Lipinski definition) is 4. The van der Waals surface area contributed by atoms with Gasteiger partial charge in [-0.2, -0.15) is 0 Å². The summed E-state index contributed by atoms with van der Waals surface area (Å²) in [5, 5.41) is 4.86. The second-order valence-corrected chi connectivity index (χ2v) is 10.3. The van der Waals surface area contributed by atoms with E-state index in [9.17, 15) is 13.2 Å². The van der Waals surface area contributed by atoms with Crippen LogP contribution in [-0.2, 0) is 22.9 Å². The summed E-state index contributed by atoms with van der Waals surface area (Å²) in [6.45, 7) is 2.74. The molecule has 1 aliphatic heterocycles. The molecule has 3 aromatic rings. The number of halogens is 1. The Hall–Kier alpha value is -2.15. The number of sulfone groups is 1.